The van der Waals surface area contributed by atoms with Crippen LogP contribution in [0.25, 0.3) is 6.08 Å². The summed E-state index contributed by atoms with van der Waals surface area (Å²) in [4.78, 5) is 15.9. The first-order valence-electron chi connectivity index (χ1n) is 9.62. The van der Waals surface area contributed by atoms with Crippen LogP contribution in [0.3, 0.4) is 0 Å². The fraction of sp³-hybridized carbons (Fsp3) is 0.333. The Hall–Kier alpha value is -3.02. The van der Waals surface area contributed by atoms with E-state index in [0.29, 0.717) is 5.56 Å². The van der Waals surface area contributed by atoms with E-state index in [0.717, 1.165) is 30.5 Å². The molecule has 2 rings (SSSR count). The van der Waals surface area contributed by atoms with Crippen LogP contribution in [0.4, 0.5) is 27.6 Å². The zero-order chi connectivity index (χ0) is 25.1. The largest absolute Gasteiger partial charge is 0.433 e. The van der Waals surface area contributed by atoms with E-state index in [2.05, 4.69) is 10.3 Å². The molecule has 1 amide bonds. The van der Waals surface area contributed by atoms with E-state index < -0.39 is 51.2 Å². The summed E-state index contributed by atoms with van der Waals surface area (Å²) in [5.41, 5.74) is -1.38. The third-order valence-corrected chi connectivity index (χ3v) is 4.99. The third-order valence-electron chi connectivity index (χ3n) is 4.42. The average Bonchev–Trinajstić information content (AvgIpc) is 2.67. The number of halogens is 5. The second-order valence-electron chi connectivity index (χ2n) is 7.62. The van der Waals surface area contributed by atoms with Crippen LogP contribution in [-0.4, -0.2) is 25.6 Å². The van der Waals surface area contributed by atoms with Crippen LogP contribution in [0.15, 0.2) is 30.3 Å². The molecule has 0 aliphatic rings. The number of rotatable bonds is 7. The molecule has 0 bridgehead atoms. The molecule has 0 radical (unpaired) electrons. The Morgan fingerprint density at radius 1 is 1.09 bits per heavy atom. The SMILES string of the molecule is CC(C)c1nc(C(F)(F)F)ccc1C=CC(=O)N[C@H](C)c1cc(F)c(NS(C)(=O)=O)c(F)c1. The summed E-state index contributed by atoms with van der Waals surface area (Å²) in [5.74, 6) is -3.34. The first kappa shape index (κ1) is 26.2. The number of alkyl halides is 3. The van der Waals surface area contributed by atoms with Crippen LogP contribution in [0, 0.1) is 11.6 Å². The van der Waals surface area contributed by atoms with Gasteiger partial charge in [-0.3, -0.25) is 9.52 Å². The molecule has 0 unspecified atom stereocenters. The molecule has 0 aliphatic carbocycles. The number of sulfonamides is 1. The molecule has 1 aromatic heterocycles. The summed E-state index contributed by atoms with van der Waals surface area (Å²) in [5, 5.41) is 2.47. The minimum atomic E-state index is -4.60. The molecular formula is C21H22F5N3O3S. The number of carbonyl (C=O) groups is 1. The van der Waals surface area contributed by atoms with Crippen molar-refractivity contribution >= 4 is 27.7 Å². The molecule has 0 saturated heterocycles. The molecule has 1 atom stereocenters. The van der Waals surface area contributed by atoms with Crippen LogP contribution in [0.1, 0.15) is 55.2 Å². The highest BCUT2D eigenvalue weighted by molar-refractivity contribution is 7.92. The molecule has 0 spiro atoms. The topological polar surface area (TPSA) is 88.2 Å². The van der Waals surface area contributed by atoms with Crippen LogP contribution < -0.4 is 10.0 Å². The smallest absolute Gasteiger partial charge is 0.346 e. The first-order chi connectivity index (χ1) is 15.1. The number of carbonyl (C=O) groups excluding carboxylic acids is 1. The molecule has 0 saturated carbocycles. The maximum absolute atomic E-state index is 14.2. The number of pyridine rings is 1. The van der Waals surface area contributed by atoms with Gasteiger partial charge in [0.25, 0.3) is 0 Å². The van der Waals surface area contributed by atoms with Gasteiger partial charge in [0, 0.05) is 6.08 Å². The number of nitrogens with zero attached hydrogens (tertiary/aromatic N) is 1. The van der Waals surface area contributed by atoms with Crippen molar-refractivity contribution in [1.82, 2.24) is 10.3 Å². The van der Waals surface area contributed by atoms with E-state index in [1.807, 2.05) is 0 Å². The number of hydrogen-bond donors (Lipinski definition) is 2. The number of hydrogen-bond acceptors (Lipinski definition) is 4. The highest BCUT2D eigenvalue weighted by atomic mass is 32.2. The minimum Gasteiger partial charge on any atom is -0.346 e. The third kappa shape index (κ3) is 7.24. The lowest BCUT2D eigenvalue weighted by Gasteiger charge is -2.16. The average molecular weight is 491 g/mol. The summed E-state index contributed by atoms with van der Waals surface area (Å²) in [6.45, 7) is 4.77. The predicted molar refractivity (Wildman–Crippen MR) is 114 cm³/mol. The molecular weight excluding hydrogens is 469 g/mol. The van der Waals surface area contributed by atoms with Crippen molar-refractivity contribution < 1.29 is 35.2 Å². The van der Waals surface area contributed by atoms with Gasteiger partial charge in [-0.15, -0.1) is 0 Å². The van der Waals surface area contributed by atoms with E-state index >= 15 is 0 Å². The Bertz CT molecular complexity index is 1160. The van der Waals surface area contributed by atoms with Gasteiger partial charge in [-0.05, 0) is 48.2 Å². The van der Waals surface area contributed by atoms with Gasteiger partial charge in [0.05, 0.1) is 18.0 Å². The van der Waals surface area contributed by atoms with Gasteiger partial charge in [-0.2, -0.15) is 13.2 Å². The Labute approximate surface area is 188 Å². The van der Waals surface area contributed by atoms with Crippen molar-refractivity contribution in [3.8, 4) is 0 Å². The molecule has 33 heavy (non-hydrogen) atoms. The van der Waals surface area contributed by atoms with Crippen LogP contribution in [0.5, 0.6) is 0 Å². The minimum absolute atomic E-state index is 0.0323. The van der Waals surface area contributed by atoms with Crippen LogP contribution in [-0.2, 0) is 21.0 Å². The lowest BCUT2D eigenvalue weighted by molar-refractivity contribution is -0.141. The highest BCUT2D eigenvalue weighted by Crippen LogP contribution is 2.30. The van der Waals surface area contributed by atoms with E-state index in [1.165, 1.54) is 19.1 Å². The summed E-state index contributed by atoms with van der Waals surface area (Å²) >= 11 is 0. The zero-order valence-corrected chi connectivity index (χ0v) is 18.9. The lowest BCUT2D eigenvalue weighted by atomic mass is 10.0. The molecule has 180 valence electrons. The zero-order valence-electron chi connectivity index (χ0n) is 18.1. The summed E-state index contributed by atoms with van der Waals surface area (Å²) < 4.78 is 91.2. The molecule has 12 heteroatoms. The second-order valence-corrected chi connectivity index (χ2v) is 9.37. The van der Waals surface area contributed by atoms with Crippen molar-refractivity contribution in [3.63, 3.8) is 0 Å². The summed E-state index contributed by atoms with van der Waals surface area (Å²) in [6, 6.07) is 2.90. The molecule has 2 aromatic rings. The van der Waals surface area contributed by atoms with E-state index in [4.69, 9.17) is 0 Å². The molecule has 6 nitrogen and oxygen atoms in total. The van der Waals surface area contributed by atoms with Gasteiger partial charge in [-0.25, -0.2) is 22.2 Å². The quantitative estimate of drug-likeness (QED) is 0.432. The fourth-order valence-electron chi connectivity index (χ4n) is 2.88. The Morgan fingerprint density at radius 2 is 1.67 bits per heavy atom. The fourth-order valence-corrected chi connectivity index (χ4v) is 3.45. The van der Waals surface area contributed by atoms with Crippen molar-refractivity contribution in [2.24, 2.45) is 0 Å². The molecule has 1 aromatic carbocycles. The van der Waals surface area contributed by atoms with Crippen molar-refractivity contribution in [2.75, 3.05) is 11.0 Å². The molecule has 0 aliphatic heterocycles. The van der Waals surface area contributed by atoms with Gasteiger partial charge in [-0.1, -0.05) is 19.9 Å². The second kappa shape index (κ2) is 9.86. The van der Waals surface area contributed by atoms with Gasteiger partial charge in [0.1, 0.15) is 11.4 Å². The Balaban J connectivity index is 2.19. The molecule has 0 fully saturated rings. The normalized spacial score (nSPS) is 13.4. The number of aromatic nitrogens is 1. The standard InChI is InChI=1S/C21H22F5N3O3S/c1-11(2)19-13(5-7-17(28-19)21(24,25)26)6-8-18(30)27-12(3)14-9-15(22)20(16(23)10-14)29-33(4,31)32/h5-12,29H,1-4H3,(H,27,30)/t12-/m1/s1. The summed E-state index contributed by atoms with van der Waals surface area (Å²) in [7, 11) is -3.91. The number of nitrogens with one attached hydrogen (secondary N) is 2. The van der Waals surface area contributed by atoms with Crippen LogP contribution >= 0.6 is 0 Å². The lowest BCUT2D eigenvalue weighted by Crippen LogP contribution is -2.25. The maximum atomic E-state index is 14.2. The predicted octanol–water partition coefficient (Wildman–Crippen LogP) is 4.76. The highest BCUT2D eigenvalue weighted by Gasteiger charge is 2.33. The first-order valence-corrected chi connectivity index (χ1v) is 11.5. The van der Waals surface area contributed by atoms with Crippen LogP contribution in [0.2, 0.25) is 0 Å². The van der Waals surface area contributed by atoms with E-state index in [9.17, 15) is 35.2 Å². The van der Waals surface area contributed by atoms with Gasteiger partial charge < -0.3 is 5.32 Å². The monoisotopic (exact) mass is 491 g/mol. The van der Waals surface area contributed by atoms with Gasteiger partial charge in [0.15, 0.2) is 11.6 Å². The Kier molecular flexibility index (Phi) is 7.83. The van der Waals surface area contributed by atoms with Crippen molar-refractivity contribution in [3.05, 3.63) is 64.5 Å². The van der Waals surface area contributed by atoms with Gasteiger partial charge >= 0.3 is 6.18 Å². The number of benzene rings is 1. The maximum Gasteiger partial charge on any atom is 0.433 e. The Morgan fingerprint density at radius 3 is 2.15 bits per heavy atom. The summed E-state index contributed by atoms with van der Waals surface area (Å²) in [6.07, 6.45) is -1.49. The van der Waals surface area contributed by atoms with Crippen molar-refractivity contribution in [1.29, 1.82) is 0 Å². The number of amides is 1. The van der Waals surface area contributed by atoms with E-state index in [1.54, 1.807) is 18.6 Å². The van der Waals surface area contributed by atoms with Crippen molar-refractivity contribution in [2.45, 2.75) is 38.9 Å². The van der Waals surface area contributed by atoms with E-state index in [-0.39, 0.29) is 17.2 Å². The van der Waals surface area contributed by atoms with Gasteiger partial charge in [0.2, 0.25) is 15.9 Å². The molecule has 1 heterocycles. The molecule has 2 N–H and O–H groups in total. The number of anilines is 1.